The number of rotatable bonds is 2. The van der Waals surface area contributed by atoms with E-state index in [1.807, 2.05) is 36.4 Å². The summed E-state index contributed by atoms with van der Waals surface area (Å²) in [7, 11) is 1.60. The monoisotopic (exact) mass is 381 g/mol. The van der Waals surface area contributed by atoms with Crippen LogP contribution in [0.5, 0.6) is 5.88 Å². The molecule has 0 spiro atoms. The van der Waals surface area contributed by atoms with Crippen LogP contribution in [0.2, 0.25) is 10.0 Å². The quantitative estimate of drug-likeness (QED) is 0.543. The van der Waals surface area contributed by atoms with Gasteiger partial charge in [0.25, 0.3) is 0 Å². The maximum Gasteiger partial charge on any atom is 0.214 e. The molecule has 0 radical (unpaired) electrons. The van der Waals surface area contributed by atoms with Crippen molar-refractivity contribution in [1.29, 1.82) is 0 Å². The molecule has 5 heteroatoms. The fourth-order valence-electron chi connectivity index (χ4n) is 2.23. The van der Waals surface area contributed by atoms with Gasteiger partial charge >= 0.3 is 0 Å². The standard InChI is InChI=1S/C16H10BrCl2NO/c1-21-16-8-13(9-4-11(18)7-12(19)5-9)14-6-10(17)2-3-15(14)20-16/h2-8H,1H3. The van der Waals surface area contributed by atoms with Gasteiger partial charge in [-0.1, -0.05) is 39.1 Å². The Hall–Kier alpha value is -1.29. The van der Waals surface area contributed by atoms with Gasteiger partial charge in [-0.3, -0.25) is 0 Å². The Morgan fingerprint density at radius 1 is 1.00 bits per heavy atom. The van der Waals surface area contributed by atoms with Gasteiger partial charge in [0, 0.05) is 26.0 Å². The van der Waals surface area contributed by atoms with E-state index in [9.17, 15) is 0 Å². The second-order valence-electron chi connectivity index (χ2n) is 4.53. The molecular weight excluding hydrogens is 373 g/mol. The predicted octanol–water partition coefficient (Wildman–Crippen LogP) is 5.98. The maximum absolute atomic E-state index is 6.12. The molecule has 0 fully saturated rings. The van der Waals surface area contributed by atoms with Crippen LogP contribution in [0.4, 0.5) is 0 Å². The molecule has 21 heavy (non-hydrogen) atoms. The van der Waals surface area contributed by atoms with Crippen LogP contribution >= 0.6 is 39.1 Å². The molecule has 0 aliphatic carbocycles. The lowest BCUT2D eigenvalue weighted by molar-refractivity contribution is 0.400. The molecule has 2 aromatic carbocycles. The van der Waals surface area contributed by atoms with E-state index in [1.165, 1.54) is 0 Å². The van der Waals surface area contributed by atoms with Crippen LogP contribution in [0.15, 0.2) is 46.9 Å². The van der Waals surface area contributed by atoms with Crippen molar-refractivity contribution in [3.63, 3.8) is 0 Å². The zero-order chi connectivity index (χ0) is 15.0. The molecule has 0 unspecified atom stereocenters. The Morgan fingerprint density at radius 3 is 2.38 bits per heavy atom. The lowest BCUT2D eigenvalue weighted by Gasteiger charge is -2.10. The van der Waals surface area contributed by atoms with Gasteiger partial charge in [-0.15, -0.1) is 0 Å². The zero-order valence-corrected chi connectivity index (χ0v) is 14.1. The van der Waals surface area contributed by atoms with Crippen LogP contribution in [0, 0.1) is 0 Å². The summed E-state index contributed by atoms with van der Waals surface area (Å²) in [4.78, 5) is 4.46. The largest absolute Gasteiger partial charge is 0.481 e. The van der Waals surface area contributed by atoms with E-state index in [-0.39, 0.29) is 0 Å². The van der Waals surface area contributed by atoms with Crippen molar-refractivity contribution in [2.45, 2.75) is 0 Å². The van der Waals surface area contributed by atoms with E-state index in [1.54, 1.807) is 13.2 Å². The summed E-state index contributed by atoms with van der Waals surface area (Å²) in [6.07, 6.45) is 0. The highest BCUT2D eigenvalue weighted by Gasteiger charge is 2.10. The molecule has 2 nitrogen and oxygen atoms in total. The highest BCUT2D eigenvalue weighted by atomic mass is 79.9. The number of hydrogen-bond acceptors (Lipinski definition) is 2. The number of methoxy groups -OCH3 is 1. The second-order valence-corrected chi connectivity index (χ2v) is 6.32. The molecule has 106 valence electrons. The summed E-state index contributed by atoms with van der Waals surface area (Å²) in [5, 5.41) is 2.19. The molecule has 0 amide bonds. The average molecular weight is 383 g/mol. The van der Waals surface area contributed by atoms with Crippen molar-refractivity contribution in [3.8, 4) is 17.0 Å². The number of ether oxygens (including phenoxy) is 1. The molecule has 3 aromatic rings. The molecule has 0 saturated carbocycles. The van der Waals surface area contributed by atoms with E-state index in [2.05, 4.69) is 20.9 Å². The number of benzene rings is 2. The lowest BCUT2D eigenvalue weighted by Crippen LogP contribution is -1.91. The Kier molecular flexibility index (Phi) is 4.07. The van der Waals surface area contributed by atoms with Gasteiger partial charge in [0.05, 0.1) is 12.6 Å². The van der Waals surface area contributed by atoms with Gasteiger partial charge in [0.1, 0.15) is 0 Å². The smallest absolute Gasteiger partial charge is 0.214 e. The highest BCUT2D eigenvalue weighted by molar-refractivity contribution is 9.10. The normalized spacial score (nSPS) is 10.9. The SMILES string of the molecule is COc1cc(-c2cc(Cl)cc(Cl)c2)c2cc(Br)ccc2n1. The summed E-state index contributed by atoms with van der Waals surface area (Å²) in [6, 6.07) is 13.3. The van der Waals surface area contributed by atoms with Crippen LogP contribution in [0.1, 0.15) is 0 Å². The minimum Gasteiger partial charge on any atom is -0.481 e. The summed E-state index contributed by atoms with van der Waals surface area (Å²) in [6.45, 7) is 0. The summed E-state index contributed by atoms with van der Waals surface area (Å²) >= 11 is 15.7. The Morgan fingerprint density at radius 2 is 1.71 bits per heavy atom. The molecular formula is C16H10BrCl2NO. The summed E-state index contributed by atoms with van der Waals surface area (Å²) < 4.78 is 6.27. The van der Waals surface area contributed by atoms with Crippen LogP contribution in [-0.4, -0.2) is 12.1 Å². The lowest BCUT2D eigenvalue weighted by atomic mass is 10.0. The van der Waals surface area contributed by atoms with E-state index >= 15 is 0 Å². The molecule has 0 atom stereocenters. The fourth-order valence-corrected chi connectivity index (χ4v) is 3.11. The maximum atomic E-state index is 6.12. The molecule has 0 aliphatic rings. The molecule has 0 aliphatic heterocycles. The van der Waals surface area contributed by atoms with Gasteiger partial charge in [0.2, 0.25) is 5.88 Å². The number of aromatic nitrogens is 1. The van der Waals surface area contributed by atoms with Crippen molar-refractivity contribution in [2.24, 2.45) is 0 Å². The number of fused-ring (bicyclic) bond motifs is 1. The second kappa shape index (κ2) is 5.84. The zero-order valence-electron chi connectivity index (χ0n) is 11.0. The van der Waals surface area contributed by atoms with Crippen molar-refractivity contribution in [2.75, 3.05) is 7.11 Å². The summed E-state index contributed by atoms with van der Waals surface area (Å²) in [5.74, 6) is 0.552. The first-order valence-electron chi connectivity index (χ1n) is 6.17. The van der Waals surface area contributed by atoms with Crippen LogP contribution in [-0.2, 0) is 0 Å². The third-order valence-corrected chi connectivity index (χ3v) is 4.06. The average Bonchev–Trinajstić information content (AvgIpc) is 2.45. The van der Waals surface area contributed by atoms with Crippen LogP contribution < -0.4 is 4.74 Å². The third-order valence-electron chi connectivity index (χ3n) is 3.13. The summed E-state index contributed by atoms with van der Waals surface area (Å²) in [5.41, 5.74) is 2.75. The van der Waals surface area contributed by atoms with E-state index in [4.69, 9.17) is 27.9 Å². The number of pyridine rings is 1. The molecule has 0 saturated heterocycles. The van der Waals surface area contributed by atoms with E-state index in [0.29, 0.717) is 15.9 Å². The van der Waals surface area contributed by atoms with E-state index in [0.717, 1.165) is 26.5 Å². The predicted molar refractivity (Wildman–Crippen MR) is 91.5 cm³/mol. The Labute approximate surface area is 140 Å². The highest BCUT2D eigenvalue weighted by Crippen LogP contribution is 2.35. The van der Waals surface area contributed by atoms with Crippen molar-refractivity contribution in [1.82, 2.24) is 4.98 Å². The number of nitrogens with zero attached hydrogens (tertiary/aromatic N) is 1. The van der Waals surface area contributed by atoms with Crippen molar-refractivity contribution >= 4 is 50.0 Å². The molecule has 1 aromatic heterocycles. The number of halogens is 3. The first kappa shape index (κ1) is 14.6. The van der Waals surface area contributed by atoms with Crippen LogP contribution in [0.3, 0.4) is 0 Å². The minimum absolute atomic E-state index is 0.552. The Bertz CT molecular complexity index is 816. The first-order chi connectivity index (χ1) is 10.1. The molecule has 0 N–H and O–H groups in total. The minimum atomic E-state index is 0.552. The van der Waals surface area contributed by atoms with Gasteiger partial charge in [-0.05, 0) is 47.5 Å². The molecule has 0 bridgehead atoms. The molecule has 3 rings (SSSR count). The van der Waals surface area contributed by atoms with Gasteiger partial charge in [0.15, 0.2) is 0 Å². The molecule has 1 heterocycles. The van der Waals surface area contributed by atoms with Crippen molar-refractivity contribution in [3.05, 3.63) is 57.0 Å². The van der Waals surface area contributed by atoms with Gasteiger partial charge in [-0.25, -0.2) is 4.98 Å². The van der Waals surface area contributed by atoms with Crippen LogP contribution in [0.25, 0.3) is 22.0 Å². The Balaban J connectivity index is 2.36. The fraction of sp³-hybridized carbons (Fsp3) is 0.0625. The van der Waals surface area contributed by atoms with E-state index < -0.39 is 0 Å². The third kappa shape index (κ3) is 3.00. The first-order valence-corrected chi connectivity index (χ1v) is 7.72. The van der Waals surface area contributed by atoms with Gasteiger partial charge < -0.3 is 4.74 Å². The van der Waals surface area contributed by atoms with Gasteiger partial charge in [-0.2, -0.15) is 0 Å². The topological polar surface area (TPSA) is 22.1 Å². The number of hydrogen-bond donors (Lipinski definition) is 0. The van der Waals surface area contributed by atoms with Crippen molar-refractivity contribution < 1.29 is 4.74 Å².